The smallest absolute Gasteiger partial charge is 0.360 e. The highest BCUT2D eigenvalue weighted by molar-refractivity contribution is 7.54. The second-order valence-corrected chi connectivity index (χ2v) is 14.8. The first-order valence-electron chi connectivity index (χ1n) is 8.51. The molecule has 2 atom stereocenters. The van der Waals surface area contributed by atoms with E-state index in [1.807, 2.05) is 37.3 Å². The van der Waals surface area contributed by atoms with Crippen molar-refractivity contribution in [2.24, 2.45) is 0 Å². The highest BCUT2D eigenvalue weighted by atomic mass is 31.2. The van der Waals surface area contributed by atoms with Gasteiger partial charge in [0.05, 0.1) is 12.7 Å². The van der Waals surface area contributed by atoms with E-state index in [1.165, 1.54) is 14.2 Å². The van der Waals surface area contributed by atoms with Gasteiger partial charge in [-0.1, -0.05) is 51.1 Å². The zero-order valence-electron chi connectivity index (χ0n) is 16.7. The molecule has 0 bridgehead atoms. The van der Waals surface area contributed by atoms with Crippen LogP contribution in [0.4, 0.5) is 0 Å². The van der Waals surface area contributed by atoms with E-state index >= 15 is 0 Å². The first kappa shape index (κ1) is 22.5. The van der Waals surface area contributed by atoms with Crippen molar-refractivity contribution in [2.75, 3.05) is 14.2 Å². The van der Waals surface area contributed by atoms with Crippen molar-refractivity contribution in [3.63, 3.8) is 0 Å². The van der Waals surface area contributed by atoms with Crippen LogP contribution in [0.2, 0.25) is 18.1 Å². The summed E-state index contributed by atoms with van der Waals surface area (Å²) in [5.74, 6) is -0.771. The quantitative estimate of drug-likeness (QED) is 0.417. The van der Waals surface area contributed by atoms with E-state index in [0.717, 1.165) is 5.56 Å². The summed E-state index contributed by atoms with van der Waals surface area (Å²) in [4.78, 5) is 0. The Morgan fingerprint density at radius 3 is 2.04 bits per heavy atom. The average molecular weight is 389 g/mol. The molecular weight excluding hydrogens is 355 g/mol. The first-order valence-corrected chi connectivity index (χ1v) is 13.0. The molecule has 25 heavy (non-hydrogen) atoms. The Kier molecular flexibility index (Phi) is 8.06. The van der Waals surface area contributed by atoms with Gasteiger partial charge in [-0.2, -0.15) is 0 Å². The van der Waals surface area contributed by atoms with Crippen LogP contribution in [0.15, 0.2) is 30.3 Å². The predicted molar refractivity (Wildman–Crippen MR) is 104 cm³/mol. The molecule has 5 nitrogen and oxygen atoms in total. The molecule has 0 unspecified atom stereocenters. The van der Waals surface area contributed by atoms with E-state index in [2.05, 4.69) is 33.9 Å². The third-order valence-electron chi connectivity index (χ3n) is 4.80. The van der Waals surface area contributed by atoms with E-state index in [4.69, 9.17) is 18.2 Å². The van der Waals surface area contributed by atoms with Gasteiger partial charge in [0.2, 0.25) is 0 Å². The van der Waals surface area contributed by atoms with Gasteiger partial charge in [0.25, 0.3) is 0 Å². The summed E-state index contributed by atoms with van der Waals surface area (Å²) in [5, 5.41) is -0.0310. The highest BCUT2D eigenvalue weighted by Crippen LogP contribution is 2.56. The Bertz CT molecular complexity index is 563. The molecule has 1 aromatic carbocycles. The van der Waals surface area contributed by atoms with Gasteiger partial charge in [-0.05, 0) is 30.6 Å². The van der Waals surface area contributed by atoms with E-state index in [-0.39, 0.29) is 5.04 Å². The third kappa shape index (κ3) is 6.02. The monoisotopic (exact) mass is 388 g/mol. The van der Waals surface area contributed by atoms with Crippen molar-refractivity contribution >= 4 is 15.9 Å². The van der Waals surface area contributed by atoms with Gasteiger partial charge in [-0.3, -0.25) is 4.57 Å². The molecule has 0 aliphatic heterocycles. The second kappa shape index (κ2) is 8.93. The summed E-state index contributed by atoms with van der Waals surface area (Å²) in [6.45, 7) is 12.9. The fourth-order valence-electron chi connectivity index (χ4n) is 2.06. The van der Waals surface area contributed by atoms with Gasteiger partial charge >= 0.3 is 7.60 Å². The van der Waals surface area contributed by atoms with Crippen LogP contribution in [0.5, 0.6) is 0 Å². The molecule has 0 fully saturated rings. The third-order valence-corrected chi connectivity index (χ3v) is 11.6. The molecule has 0 amide bonds. The van der Waals surface area contributed by atoms with Crippen LogP contribution in [0, 0.1) is 0 Å². The molecule has 1 aromatic rings. The Morgan fingerprint density at radius 2 is 1.60 bits per heavy atom. The van der Waals surface area contributed by atoms with Gasteiger partial charge in [-0.15, -0.1) is 0 Å². The lowest BCUT2D eigenvalue weighted by molar-refractivity contribution is -0.00929. The molecule has 0 saturated carbocycles. The summed E-state index contributed by atoms with van der Waals surface area (Å²) in [7, 11) is -2.87. The fraction of sp³-hybridized carbons (Fsp3) is 0.667. The van der Waals surface area contributed by atoms with Crippen molar-refractivity contribution in [3.8, 4) is 0 Å². The van der Waals surface area contributed by atoms with Crippen LogP contribution in [0.3, 0.4) is 0 Å². The molecular formula is C18H33O5PSi. The van der Waals surface area contributed by atoms with Crippen LogP contribution < -0.4 is 0 Å². The van der Waals surface area contributed by atoms with E-state index in [9.17, 15) is 4.57 Å². The Balaban J connectivity index is 3.00. The SMILES string of the molecule is COP(=O)(OC)[C@@H](O[Si](C)(C)C(C)(C)C)[C@H](C)OCc1ccccc1. The minimum atomic E-state index is -3.45. The molecule has 0 N–H and O–H groups in total. The number of benzene rings is 1. The molecule has 7 heteroatoms. The summed E-state index contributed by atoms with van der Waals surface area (Å²) in [6.07, 6.45) is -0.444. The molecule has 0 aliphatic carbocycles. The van der Waals surface area contributed by atoms with Crippen LogP contribution in [0.1, 0.15) is 33.3 Å². The zero-order valence-corrected chi connectivity index (χ0v) is 18.6. The van der Waals surface area contributed by atoms with Crippen molar-refractivity contribution in [2.45, 2.75) is 64.4 Å². The van der Waals surface area contributed by atoms with Crippen LogP contribution in [0.25, 0.3) is 0 Å². The van der Waals surface area contributed by atoms with E-state index in [1.54, 1.807) is 0 Å². The standard InChI is InChI=1S/C18H33O5PSi/c1-15(22-14-16-12-10-9-11-13-16)17(24(19,20-5)21-6)23-25(7,8)18(2,3)4/h9-13,15,17H,14H2,1-8H3/t15-,17+/m0/s1. The van der Waals surface area contributed by atoms with Gasteiger partial charge in [0.1, 0.15) is 0 Å². The Labute approximate surface area is 153 Å². The minimum absolute atomic E-state index is 0.0310. The highest BCUT2D eigenvalue weighted by Gasteiger charge is 2.47. The van der Waals surface area contributed by atoms with Crippen LogP contribution in [-0.4, -0.2) is 34.5 Å². The number of rotatable bonds is 9. The Morgan fingerprint density at radius 1 is 1.08 bits per heavy atom. The number of ether oxygens (including phenoxy) is 1. The number of hydrogen-bond donors (Lipinski definition) is 0. The molecule has 0 aliphatic rings. The summed E-state index contributed by atoms with van der Waals surface area (Å²) in [5.41, 5.74) is 1.05. The molecule has 0 heterocycles. The topological polar surface area (TPSA) is 54.0 Å². The Hall–Kier alpha value is -0.493. The molecule has 0 spiro atoms. The molecule has 0 aromatic heterocycles. The van der Waals surface area contributed by atoms with Gasteiger partial charge in [-0.25, -0.2) is 0 Å². The van der Waals surface area contributed by atoms with Crippen molar-refractivity contribution in [1.82, 2.24) is 0 Å². The van der Waals surface area contributed by atoms with E-state index < -0.39 is 27.9 Å². The maximum Gasteiger partial charge on any atom is 0.360 e. The lowest BCUT2D eigenvalue weighted by Gasteiger charge is -2.41. The first-order chi connectivity index (χ1) is 11.5. The minimum Gasteiger partial charge on any atom is -0.401 e. The lowest BCUT2D eigenvalue weighted by Crippen LogP contribution is -2.47. The fourth-order valence-corrected chi connectivity index (χ4v) is 5.68. The van der Waals surface area contributed by atoms with Crippen LogP contribution in [-0.2, 0) is 29.4 Å². The zero-order chi connectivity index (χ0) is 19.3. The second-order valence-electron chi connectivity index (χ2n) is 7.68. The molecule has 1 rings (SSSR count). The normalized spacial score (nSPS) is 15.8. The van der Waals surface area contributed by atoms with Crippen molar-refractivity contribution in [3.05, 3.63) is 35.9 Å². The number of hydrogen-bond acceptors (Lipinski definition) is 5. The predicted octanol–water partition coefficient (Wildman–Crippen LogP) is 5.43. The molecule has 0 saturated heterocycles. The summed E-state index contributed by atoms with van der Waals surface area (Å²) < 4.78 is 35.9. The molecule has 0 radical (unpaired) electrons. The van der Waals surface area contributed by atoms with E-state index in [0.29, 0.717) is 6.61 Å². The average Bonchev–Trinajstić information content (AvgIpc) is 2.57. The lowest BCUT2D eigenvalue weighted by atomic mass is 10.2. The van der Waals surface area contributed by atoms with Crippen molar-refractivity contribution < 1.29 is 22.8 Å². The molecule has 144 valence electrons. The van der Waals surface area contributed by atoms with Gasteiger partial charge in [0, 0.05) is 14.2 Å². The van der Waals surface area contributed by atoms with Gasteiger partial charge < -0.3 is 18.2 Å². The maximum atomic E-state index is 13.1. The summed E-state index contributed by atoms with van der Waals surface area (Å²) in [6, 6.07) is 9.86. The summed E-state index contributed by atoms with van der Waals surface area (Å²) >= 11 is 0. The maximum absolute atomic E-state index is 13.1. The van der Waals surface area contributed by atoms with Crippen molar-refractivity contribution in [1.29, 1.82) is 0 Å². The van der Waals surface area contributed by atoms with Crippen LogP contribution >= 0.6 is 7.60 Å². The van der Waals surface area contributed by atoms with Gasteiger partial charge in [0.15, 0.2) is 14.2 Å². The largest absolute Gasteiger partial charge is 0.401 e.